The van der Waals surface area contributed by atoms with Crippen LogP contribution in [0.25, 0.3) is 0 Å². The summed E-state index contributed by atoms with van der Waals surface area (Å²) in [6.45, 7) is 1.96. The molecule has 0 bridgehead atoms. The van der Waals surface area contributed by atoms with Gasteiger partial charge in [0.25, 0.3) is 0 Å². The van der Waals surface area contributed by atoms with Gasteiger partial charge in [-0.05, 0) is 18.4 Å². The molecular weight excluding hydrogens is 214 g/mol. The van der Waals surface area contributed by atoms with Crippen LogP contribution < -0.4 is 0 Å². The molecular formula is C10H11NO3S. The van der Waals surface area contributed by atoms with Crippen LogP contribution in [0.1, 0.15) is 6.92 Å². The van der Waals surface area contributed by atoms with E-state index in [1.165, 1.54) is 17.6 Å². The largest absolute Gasteiger partial charge is 0.515 e. The first-order valence-corrected chi connectivity index (χ1v) is 5.30. The summed E-state index contributed by atoms with van der Waals surface area (Å²) in [5.41, 5.74) is 0.770. The van der Waals surface area contributed by atoms with Crippen LogP contribution in [0, 0.1) is 0 Å². The minimum Gasteiger partial charge on any atom is -0.515 e. The molecule has 1 heterocycles. The molecule has 0 saturated heterocycles. The average Bonchev–Trinajstić information content (AvgIpc) is 2.72. The summed E-state index contributed by atoms with van der Waals surface area (Å²) in [5, 5.41) is 12.5. The van der Waals surface area contributed by atoms with Gasteiger partial charge < -0.3 is 9.84 Å². The number of carbonyl (C=O) groups is 1. The number of ether oxygens (including phenoxy) is 1. The third-order valence-electron chi connectivity index (χ3n) is 1.51. The average molecular weight is 225 g/mol. The number of aliphatic hydroxyl groups is 1. The van der Waals surface area contributed by atoms with Crippen LogP contribution in [0.15, 0.2) is 33.7 Å². The van der Waals surface area contributed by atoms with Gasteiger partial charge in [0, 0.05) is 11.6 Å². The van der Waals surface area contributed by atoms with Crippen molar-refractivity contribution in [1.82, 2.24) is 0 Å². The second kappa shape index (κ2) is 5.98. The highest BCUT2D eigenvalue weighted by atomic mass is 32.1. The lowest BCUT2D eigenvalue weighted by atomic mass is 10.3. The molecule has 1 aromatic rings. The molecule has 0 fully saturated rings. The van der Waals surface area contributed by atoms with Crippen molar-refractivity contribution in [3.05, 3.63) is 28.7 Å². The zero-order chi connectivity index (χ0) is 11.1. The third-order valence-corrected chi connectivity index (χ3v) is 2.18. The molecule has 5 heteroatoms. The van der Waals surface area contributed by atoms with Gasteiger partial charge in [0.2, 0.25) is 0 Å². The van der Waals surface area contributed by atoms with Crippen molar-refractivity contribution >= 4 is 29.2 Å². The van der Waals surface area contributed by atoms with Gasteiger partial charge in [0.15, 0.2) is 0 Å². The standard InChI is InChI=1S/C10H11NO3S/c1-2-14-10(13)8(6-12)5-11-9-3-4-15-7-9/h3-7,12H,2H2,1H3. The van der Waals surface area contributed by atoms with Gasteiger partial charge in [-0.2, -0.15) is 11.3 Å². The molecule has 0 spiro atoms. The lowest BCUT2D eigenvalue weighted by molar-refractivity contribution is -0.137. The number of esters is 1. The van der Waals surface area contributed by atoms with E-state index in [1.807, 2.05) is 10.8 Å². The minimum absolute atomic E-state index is 0.0306. The monoisotopic (exact) mass is 225 g/mol. The van der Waals surface area contributed by atoms with E-state index < -0.39 is 5.97 Å². The Labute approximate surface area is 91.5 Å². The Morgan fingerprint density at radius 3 is 3.07 bits per heavy atom. The number of nitrogens with zero attached hydrogens (tertiary/aromatic N) is 1. The Balaban J connectivity index is 2.66. The molecule has 1 aromatic heterocycles. The number of carbonyl (C=O) groups excluding carboxylic acids is 1. The normalized spacial score (nSPS) is 11.9. The van der Waals surface area contributed by atoms with Gasteiger partial charge in [0.1, 0.15) is 5.57 Å². The van der Waals surface area contributed by atoms with E-state index >= 15 is 0 Å². The number of thiophene rings is 1. The zero-order valence-corrected chi connectivity index (χ0v) is 9.03. The van der Waals surface area contributed by atoms with Gasteiger partial charge in [-0.3, -0.25) is 4.99 Å². The fourth-order valence-corrected chi connectivity index (χ4v) is 1.40. The van der Waals surface area contributed by atoms with E-state index in [4.69, 9.17) is 9.84 Å². The maximum Gasteiger partial charge on any atom is 0.342 e. The SMILES string of the molecule is CCOC(=O)C(C=Nc1ccsc1)=CO. The molecule has 1 N–H and O–H groups in total. The van der Waals surface area contributed by atoms with Crippen molar-refractivity contribution in [3.8, 4) is 0 Å². The highest BCUT2D eigenvalue weighted by Gasteiger charge is 2.07. The lowest BCUT2D eigenvalue weighted by Crippen LogP contribution is -2.08. The van der Waals surface area contributed by atoms with Crippen LogP contribution in [0.3, 0.4) is 0 Å². The summed E-state index contributed by atoms with van der Waals surface area (Å²) in [7, 11) is 0. The first kappa shape index (κ1) is 11.5. The first-order chi connectivity index (χ1) is 7.27. The van der Waals surface area contributed by atoms with Crippen molar-refractivity contribution in [3.63, 3.8) is 0 Å². The van der Waals surface area contributed by atoms with Crippen molar-refractivity contribution in [1.29, 1.82) is 0 Å². The molecule has 0 saturated carbocycles. The molecule has 0 unspecified atom stereocenters. The van der Waals surface area contributed by atoms with Gasteiger partial charge in [0.05, 0.1) is 18.6 Å². The predicted molar refractivity (Wildman–Crippen MR) is 59.8 cm³/mol. The topological polar surface area (TPSA) is 58.9 Å². The molecule has 0 aliphatic rings. The molecule has 0 atom stereocenters. The summed E-state index contributed by atoms with van der Waals surface area (Å²) in [6, 6.07) is 1.81. The van der Waals surface area contributed by atoms with Crippen molar-refractivity contribution in [2.45, 2.75) is 6.92 Å². The lowest BCUT2D eigenvalue weighted by Gasteiger charge is -1.99. The highest BCUT2D eigenvalue weighted by Crippen LogP contribution is 2.15. The predicted octanol–water partition coefficient (Wildman–Crippen LogP) is 2.46. The van der Waals surface area contributed by atoms with Crippen LogP contribution in [0.4, 0.5) is 5.69 Å². The summed E-state index contributed by atoms with van der Waals surface area (Å²) >= 11 is 1.51. The Morgan fingerprint density at radius 1 is 1.73 bits per heavy atom. The second-order valence-electron chi connectivity index (χ2n) is 2.54. The number of aliphatic imine (C=N–C) groups is 1. The van der Waals surface area contributed by atoms with E-state index in [-0.39, 0.29) is 12.2 Å². The van der Waals surface area contributed by atoms with Gasteiger partial charge in [-0.15, -0.1) is 0 Å². The molecule has 1 rings (SSSR count). The second-order valence-corrected chi connectivity index (χ2v) is 3.32. The Hall–Kier alpha value is -1.62. The molecule has 0 radical (unpaired) electrons. The Bertz CT molecular complexity index is 368. The van der Waals surface area contributed by atoms with Crippen LogP contribution in [0.2, 0.25) is 0 Å². The fraction of sp³-hybridized carbons (Fsp3) is 0.200. The number of aliphatic hydroxyl groups excluding tert-OH is 1. The third kappa shape index (κ3) is 3.55. The molecule has 4 nitrogen and oxygen atoms in total. The summed E-state index contributed by atoms with van der Waals surface area (Å²) < 4.78 is 4.71. The molecule has 0 amide bonds. The Kier molecular flexibility index (Phi) is 4.56. The quantitative estimate of drug-likeness (QED) is 0.370. The van der Waals surface area contributed by atoms with E-state index in [1.54, 1.807) is 13.0 Å². The van der Waals surface area contributed by atoms with E-state index in [2.05, 4.69) is 4.99 Å². The van der Waals surface area contributed by atoms with Crippen LogP contribution >= 0.6 is 11.3 Å². The van der Waals surface area contributed by atoms with Gasteiger partial charge in [-0.25, -0.2) is 4.79 Å². The van der Waals surface area contributed by atoms with Crippen LogP contribution in [0.5, 0.6) is 0 Å². The Morgan fingerprint density at radius 2 is 2.53 bits per heavy atom. The molecule has 0 aliphatic heterocycles. The maximum atomic E-state index is 11.2. The molecule has 0 aliphatic carbocycles. The smallest absolute Gasteiger partial charge is 0.342 e. The summed E-state index contributed by atoms with van der Waals surface area (Å²) in [6.07, 6.45) is 1.97. The molecule has 80 valence electrons. The van der Waals surface area contributed by atoms with Gasteiger partial charge in [-0.1, -0.05) is 0 Å². The number of rotatable bonds is 4. The van der Waals surface area contributed by atoms with Crippen LogP contribution in [-0.2, 0) is 9.53 Å². The van der Waals surface area contributed by atoms with Crippen molar-refractivity contribution in [2.24, 2.45) is 4.99 Å². The van der Waals surface area contributed by atoms with Crippen LogP contribution in [-0.4, -0.2) is 23.9 Å². The van der Waals surface area contributed by atoms with E-state index in [9.17, 15) is 4.79 Å². The minimum atomic E-state index is -0.584. The van der Waals surface area contributed by atoms with Crippen molar-refractivity contribution < 1.29 is 14.6 Å². The summed E-state index contributed by atoms with van der Waals surface area (Å²) in [5.74, 6) is -0.584. The molecule has 0 aromatic carbocycles. The zero-order valence-electron chi connectivity index (χ0n) is 8.21. The van der Waals surface area contributed by atoms with E-state index in [0.717, 1.165) is 5.69 Å². The summed E-state index contributed by atoms with van der Waals surface area (Å²) in [4.78, 5) is 15.2. The fourth-order valence-electron chi connectivity index (χ4n) is 0.828. The maximum absolute atomic E-state index is 11.2. The molecule has 15 heavy (non-hydrogen) atoms. The first-order valence-electron chi connectivity index (χ1n) is 4.35. The van der Waals surface area contributed by atoms with Crippen molar-refractivity contribution in [2.75, 3.05) is 6.61 Å². The highest BCUT2D eigenvalue weighted by molar-refractivity contribution is 7.08. The van der Waals surface area contributed by atoms with Gasteiger partial charge >= 0.3 is 5.97 Å². The van der Waals surface area contributed by atoms with E-state index in [0.29, 0.717) is 6.26 Å². The number of hydrogen-bond acceptors (Lipinski definition) is 5. The number of hydrogen-bond donors (Lipinski definition) is 1.